The van der Waals surface area contributed by atoms with Gasteiger partial charge in [0.25, 0.3) is 0 Å². The van der Waals surface area contributed by atoms with Gasteiger partial charge < -0.3 is 15.5 Å². The van der Waals surface area contributed by atoms with E-state index >= 15 is 0 Å². The summed E-state index contributed by atoms with van der Waals surface area (Å²) in [6.07, 6.45) is 6.37. The topological polar surface area (TPSA) is 74.5 Å². The van der Waals surface area contributed by atoms with Gasteiger partial charge in [0.15, 0.2) is 5.96 Å². The molecule has 0 spiro atoms. The molecule has 1 aromatic heterocycles. The van der Waals surface area contributed by atoms with Crippen molar-refractivity contribution in [1.29, 1.82) is 0 Å². The molecule has 0 radical (unpaired) electrons. The highest BCUT2D eigenvalue weighted by Crippen LogP contribution is 2.20. The third-order valence-electron chi connectivity index (χ3n) is 5.03. The molecule has 7 nitrogen and oxygen atoms in total. The van der Waals surface area contributed by atoms with E-state index in [1.165, 1.54) is 5.56 Å². The number of nitrogens with zero attached hydrogens (tertiary/aromatic N) is 4. The zero-order chi connectivity index (χ0) is 19.1. The van der Waals surface area contributed by atoms with Gasteiger partial charge in [-0.15, -0.1) is 24.0 Å². The van der Waals surface area contributed by atoms with Crippen LogP contribution in [0.25, 0.3) is 5.69 Å². The Morgan fingerprint density at radius 3 is 2.54 bits per heavy atom. The summed E-state index contributed by atoms with van der Waals surface area (Å²) in [5, 5.41) is 10.4. The second kappa shape index (κ2) is 11.0. The fraction of sp³-hybridized carbons (Fsp3) is 0.450. The summed E-state index contributed by atoms with van der Waals surface area (Å²) < 4.78 is 1.85. The Morgan fingerprint density at radius 2 is 1.96 bits per heavy atom. The minimum absolute atomic E-state index is 0. The molecule has 2 aromatic rings. The summed E-state index contributed by atoms with van der Waals surface area (Å²) in [6.45, 7) is 2.59. The molecule has 2 heterocycles. The van der Waals surface area contributed by atoms with Crippen molar-refractivity contribution in [3.63, 3.8) is 0 Å². The van der Waals surface area contributed by atoms with E-state index < -0.39 is 0 Å². The van der Waals surface area contributed by atoms with E-state index in [1.54, 1.807) is 13.2 Å². The van der Waals surface area contributed by atoms with Gasteiger partial charge in [0.1, 0.15) is 0 Å². The molecule has 0 saturated carbocycles. The molecule has 152 valence electrons. The average molecular weight is 496 g/mol. The van der Waals surface area contributed by atoms with Gasteiger partial charge in [-0.05, 0) is 42.5 Å². The van der Waals surface area contributed by atoms with Crippen molar-refractivity contribution in [2.75, 3.05) is 27.2 Å². The maximum atomic E-state index is 11.5. The Hall–Kier alpha value is -2.10. The largest absolute Gasteiger partial charge is 0.359 e. The number of aromatic nitrogens is 2. The molecule has 1 fully saturated rings. The normalized spacial score (nSPS) is 15.1. The molecule has 8 heteroatoms. The lowest BCUT2D eigenvalue weighted by molar-refractivity contribution is -0.121. The second-order valence-corrected chi connectivity index (χ2v) is 6.83. The lowest BCUT2D eigenvalue weighted by Crippen LogP contribution is -2.45. The van der Waals surface area contributed by atoms with E-state index in [9.17, 15) is 4.79 Å². The van der Waals surface area contributed by atoms with Crippen molar-refractivity contribution < 1.29 is 4.79 Å². The summed E-state index contributed by atoms with van der Waals surface area (Å²) in [6, 6.07) is 10.3. The zero-order valence-electron chi connectivity index (χ0n) is 16.5. The number of nitrogens with one attached hydrogen (secondary N) is 2. The number of carbonyl (C=O) groups is 1. The minimum atomic E-state index is 0. The molecule has 1 aliphatic rings. The SMILES string of the molecule is CN=C(NCc1ccc(-n2cccn2)cc1)N1CCC(CC(=O)NC)CC1.I. The number of amides is 1. The van der Waals surface area contributed by atoms with Crippen molar-refractivity contribution in [3.05, 3.63) is 48.3 Å². The molecule has 1 aromatic carbocycles. The summed E-state index contributed by atoms with van der Waals surface area (Å²) in [5.74, 6) is 1.52. The number of piperidine rings is 1. The van der Waals surface area contributed by atoms with Crippen molar-refractivity contribution in [2.24, 2.45) is 10.9 Å². The monoisotopic (exact) mass is 496 g/mol. The van der Waals surface area contributed by atoms with Crippen LogP contribution in [0.1, 0.15) is 24.8 Å². The summed E-state index contributed by atoms with van der Waals surface area (Å²) >= 11 is 0. The Labute approximate surface area is 183 Å². The summed E-state index contributed by atoms with van der Waals surface area (Å²) in [5.41, 5.74) is 2.24. The lowest BCUT2D eigenvalue weighted by atomic mass is 9.93. The first-order valence-corrected chi connectivity index (χ1v) is 9.44. The van der Waals surface area contributed by atoms with Crippen LogP contribution in [-0.4, -0.2) is 53.7 Å². The minimum Gasteiger partial charge on any atom is -0.359 e. The van der Waals surface area contributed by atoms with Gasteiger partial charge in [0, 0.05) is 52.5 Å². The Morgan fingerprint density at radius 1 is 1.25 bits per heavy atom. The van der Waals surface area contributed by atoms with E-state index in [1.807, 2.05) is 24.0 Å². The Balaban J connectivity index is 0.00000280. The molecule has 2 N–H and O–H groups in total. The van der Waals surface area contributed by atoms with E-state index in [0.717, 1.165) is 44.1 Å². The van der Waals surface area contributed by atoms with Crippen LogP contribution in [0.15, 0.2) is 47.7 Å². The number of halogens is 1. The van der Waals surface area contributed by atoms with Crippen LogP contribution >= 0.6 is 24.0 Å². The van der Waals surface area contributed by atoms with E-state index in [4.69, 9.17) is 0 Å². The number of rotatable bonds is 5. The number of hydrogen-bond donors (Lipinski definition) is 2. The van der Waals surface area contributed by atoms with Crippen LogP contribution in [0.5, 0.6) is 0 Å². The second-order valence-electron chi connectivity index (χ2n) is 6.83. The molecule has 0 unspecified atom stereocenters. The van der Waals surface area contributed by atoms with Gasteiger partial charge in [-0.25, -0.2) is 4.68 Å². The smallest absolute Gasteiger partial charge is 0.220 e. The highest BCUT2D eigenvalue weighted by Gasteiger charge is 2.22. The van der Waals surface area contributed by atoms with Crippen molar-refractivity contribution >= 4 is 35.8 Å². The standard InChI is InChI=1S/C20H28N6O.HI/c1-21-19(27)14-16-8-12-25(13-9-16)20(22-2)23-15-17-4-6-18(7-5-17)26-11-3-10-24-26;/h3-7,10-11,16H,8-9,12-15H2,1-2H3,(H,21,27)(H,22,23);1H. The number of benzene rings is 1. The van der Waals surface area contributed by atoms with Crippen molar-refractivity contribution in [1.82, 2.24) is 25.3 Å². The fourth-order valence-electron chi connectivity index (χ4n) is 3.41. The third kappa shape index (κ3) is 5.95. The molecule has 0 bridgehead atoms. The van der Waals surface area contributed by atoms with Gasteiger partial charge in [-0.2, -0.15) is 5.10 Å². The van der Waals surface area contributed by atoms with Gasteiger partial charge in [-0.3, -0.25) is 9.79 Å². The molecule has 1 saturated heterocycles. The molecule has 0 atom stereocenters. The molecule has 1 aliphatic heterocycles. The highest BCUT2D eigenvalue weighted by atomic mass is 127. The van der Waals surface area contributed by atoms with Crippen LogP contribution in [0.3, 0.4) is 0 Å². The quantitative estimate of drug-likeness (QED) is 0.379. The first kappa shape index (κ1) is 22.2. The number of likely N-dealkylation sites (tertiary alicyclic amines) is 1. The highest BCUT2D eigenvalue weighted by molar-refractivity contribution is 14.0. The number of aliphatic imine (C=N–C) groups is 1. The van der Waals surface area contributed by atoms with Gasteiger partial charge in [0.2, 0.25) is 5.91 Å². The van der Waals surface area contributed by atoms with Crippen LogP contribution in [0.4, 0.5) is 0 Å². The Kier molecular flexibility index (Phi) is 8.75. The average Bonchev–Trinajstić information content (AvgIpc) is 3.25. The van der Waals surface area contributed by atoms with Crippen LogP contribution in [0.2, 0.25) is 0 Å². The fourth-order valence-corrected chi connectivity index (χ4v) is 3.41. The molecule has 1 amide bonds. The van der Waals surface area contributed by atoms with Crippen LogP contribution < -0.4 is 10.6 Å². The zero-order valence-corrected chi connectivity index (χ0v) is 18.8. The predicted octanol–water partition coefficient (Wildman–Crippen LogP) is 2.41. The maximum absolute atomic E-state index is 11.5. The van der Waals surface area contributed by atoms with E-state index in [-0.39, 0.29) is 29.9 Å². The van der Waals surface area contributed by atoms with E-state index in [2.05, 4.69) is 49.9 Å². The summed E-state index contributed by atoms with van der Waals surface area (Å²) in [4.78, 5) is 18.2. The van der Waals surface area contributed by atoms with Crippen molar-refractivity contribution in [2.45, 2.75) is 25.8 Å². The molecular weight excluding hydrogens is 467 g/mol. The third-order valence-corrected chi connectivity index (χ3v) is 5.03. The predicted molar refractivity (Wildman–Crippen MR) is 122 cm³/mol. The lowest BCUT2D eigenvalue weighted by Gasteiger charge is -2.34. The van der Waals surface area contributed by atoms with Crippen LogP contribution in [0, 0.1) is 5.92 Å². The number of guanidine groups is 1. The molecular formula is C20H29IN6O. The van der Waals surface area contributed by atoms with Gasteiger partial charge >= 0.3 is 0 Å². The molecule has 28 heavy (non-hydrogen) atoms. The molecule has 3 rings (SSSR count). The van der Waals surface area contributed by atoms with Gasteiger partial charge in [0.05, 0.1) is 5.69 Å². The first-order valence-electron chi connectivity index (χ1n) is 9.44. The molecule has 0 aliphatic carbocycles. The summed E-state index contributed by atoms with van der Waals surface area (Å²) in [7, 11) is 3.52. The number of hydrogen-bond acceptors (Lipinski definition) is 3. The van der Waals surface area contributed by atoms with Crippen molar-refractivity contribution in [3.8, 4) is 5.69 Å². The first-order chi connectivity index (χ1) is 13.2. The number of carbonyl (C=O) groups excluding carboxylic acids is 1. The maximum Gasteiger partial charge on any atom is 0.220 e. The van der Waals surface area contributed by atoms with E-state index in [0.29, 0.717) is 12.3 Å². The van der Waals surface area contributed by atoms with Gasteiger partial charge in [-0.1, -0.05) is 12.1 Å². The van der Waals surface area contributed by atoms with Crippen LogP contribution in [-0.2, 0) is 11.3 Å². The Bertz CT molecular complexity index is 752.